The van der Waals surface area contributed by atoms with E-state index in [1.165, 1.54) is 10.7 Å². The number of nitrogens with two attached hydrogens (primary N) is 1. The third-order valence-electron chi connectivity index (χ3n) is 4.68. The summed E-state index contributed by atoms with van der Waals surface area (Å²) in [7, 11) is 0. The van der Waals surface area contributed by atoms with Crippen LogP contribution < -0.4 is 5.73 Å². The first-order valence-corrected chi connectivity index (χ1v) is 9.57. The molecular weight excluding hydrogens is 306 g/mol. The Morgan fingerprint density at radius 3 is 2.43 bits per heavy atom. The highest BCUT2D eigenvalue weighted by molar-refractivity contribution is 7.09. The summed E-state index contributed by atoms with van der Waals surface area (Å²) in [6, 6.07) is 0. The van der Waals surface area contributed by atoms with E-state index in [2.05, 4.69) is 33.1 Å². The van der Waals surface area contributed by atoms with Crippen LogP contribution in [0.25, 0.3) is 0 Å². The van der Waals surface area contributed by atoms with Crippen LogP contribution >= 0.6 is 11.3 Å². The summed E-state index contributed by atoms with van der Waals surface area (Å²) in [6.07, 6.45) is 3.66. The Morgan fingerprint density at radius 1 is 1.35 bits per heavy atom. The molecule has 1 atom stereocenters. The molecule has 0 radical (unpaired) electrons. The molecule has 4 nitrogen and oxygen atoms in total. The van der Waals surface area contributed by atoms with Crippen molar-refractivity contribution in [3.63, 3.8) is 0 Å². The summed E-state index contributed by atoms with van der Waals surface area (Å²) in [5.41, 5.74) is 6.76. The molecule has 0 aliphatic carbocycles. The molecular formula is C18H31N3OS. The molecule has 1 amide bonds. The third kappa shape index (κ3) is 4.32. The van der Waals surface area contributed by atoms with Crippen molar-refractivity contribution in [2.75, 3.05) is 13.1 Å². The van der Waals surface area contributed by atoms with Gasteiger partial charge in [-0.1, -0.05) is 34.1 Å². The van der Waals surface area contributed by atoms with E-state index in [0.717, 1.165) is 38.8 Å². The van der Waals surface area contributed by atoms with Gasteiger partial charge in [-0.15, -0.1) is 11.3 Å². The Morgan fingerprint density at radius 2 is 1.96 bits per heavy atom. The minimum absolute atomic E-state index is 0.104. The van der Waals surface area contributed by atoms with Gasteiger partial charge in [0.2, 0.25) is 5.91 Å². The fourth-order valence-electron chi connectivity index (χ4n) is 3.14. The zero-order valence-electron chi connectivity index (χ0n) is 15.2. The van der Waals surface area contributed by atoms with E-state index in [0.29, 0.717) is 5.92 Å². The molecule has 130 valence electrons. The van der Waals surface area contributed by atoms with Crippen molar-refractivity contribution in [1.29, 1.82) is 0 Å². The number of hydrogen-bond acceptors (Lipinski definition) is 4. The van der Waals surface area contributed by atoms with E-state index in [9.17, 15) is 4.79 Å². The van der Waals surface area contributed by atoms with Gasteiger partial charge in [0.05, 0.1) is 16.2 Å². The lowest BCUT2D eigenvalue weighted by atomic mass is 9.91. The molecule has 0 aromatic carbocycles. The largest absolute Gasteiger partial charge is 0.341 e. The van der Waals surface area contributed by atoms with Crippen molar-refractivity contribution in [2.24, 2.45) is 5.73 Å². The SMILES string of the molecule is CCCC(C)(N)C(=O)N1CCC(c2nc(C(C)(C)C)cs2)CC1. The average Bonchev–Trinajstić information content (AvgIpc) is 2.96. The summed E-state index contributed by atoms with van der Waals surface area (Å²) < 4.78 is 0. The van der Waals surface area contributed by atoms with E-state index in [1.54, 1.807) is 11.3 Å². The number of likely N-dealkylation sites (tertiary alicyclic amines) is 1. The Balaban J connectivity index is 1.96. The average molecular weight is 338 g/mol. The van der Waals surface area contributed by atoms with Crippen molar-refractivity contribution in [2.45, 2.75) is 77.2 Å². The van der Waals surface area contributed by atoms with Crippen molar-refractivity contribution < 1.29 is 4.79 Å². The first-order chi connectivity index (χ1) is 10.6. The van der Waals surface area contributed by atoms with Gasteiger partial charge < -0.3 is 10.6 Å². The molecule has 2 rings (SSSR count). The standard InChI is InChI=1S/C18H31N3OS/c1-6-9-18(5,19)16(22)21-10-7-13(8-11-21)15-20-14(12-23-15)17(2,3)4/h12-13H,6-11,19H2,1-5H3. The molecule has 1 aromatic heterocycles. The summed E-state index contributed by atoms with van der Waals surface area (Å²) in [5.74, 6) is 0.586. The number of amides is 1. The van der Waals surface area contributed by atoms with Crippen LogP contribution in [0.5, 0.6) is 0 Å². The number of carbonyl (C=O) groups is 1. The van der Waals surface area contributed by atoms with Gasteiger partial charge in [0.15, 0.2) is 0 Å². The Kier molecular flexibility index (Phi) is 5.52. The molecule has 23 heavy (non-hydrogen) atoms. The van der Waals surface area contributed by atoms with Crippen LogP contribution in [-0.4, -0.2) is 34.4 Å². The molecule has 1 saturated heterocycles. The Labute approximate surface area is 144 Å². The second-order valence-corrected chi connectivity index (χ2v) is 8.94. The fraction of sp³-hybridized carbons (Fsp3) is 0.778. The Hall–Kier alpha value is -0.940. The molecule has 1 unspecified atom stereocenters. The smallest absolute Gasteiger partial charge is 0.242 e. The van der Waals surface area contributed by atoms with E-state index in [4.69, 9.17) is 10.7 Å². The molecule has 2 N–H and O–H groups in total. The summed E-state index contributed by atoms with van der Waals surface area (Å²) in [5, 5.41) is 3.41. The predicted octanol–water partition coefficient (Wildman–Crippen LogP) is 3.66. The number of aromatic nitrogens is 1. The number of nitrogens with zero attached hydrogens (tertiary/aromatic N) is 2. The fourth-order valence-corrected chi connectivity index (χ4v) is 4.35. The first-order valence-electron chi connectivity index (χ1n) is 8.69. The van der Waals surface area contributed by atoms with Crippen molar-refractivity contribution >= 4 is 17.2 Å². The predicted molar refractivity (Wildman–Crippen MR) is 96.9 cm³/mol. The number of carbonyl (C=O) groups excluding carboxylic acids is 1. The van der Waals surface area contributed by atoms with E-state index >= 15 is 0 Å². The van der Waals surface area contributed by atoms with Gasteiger partial charge in [0.25, 0.3) is 0 Å². The molecule has 1 fully saturated rings. The minimum atomic E-state index is -0.720. The van der Waals surface area contributed by atoms with Crippen LogP contribution in [-0.2, 0) is 10.2 Å². The van der Waals surface area contributed by atoms with E-state index in [1.807, 2.05) is 11.8 Å². The number of piperidine rings is 1. The maximum Gasteiger partial charge on any atom is 0.242 e. The van der Waals surface area contributed by atoms with Crippen molar-refractivity contribution in [3.05, 3.63) is 16.1 Å². The lowest BCUT2D eigenvalue weighted by molar-refractivity contribution is -0.137. The van der Waals surface area contributed by atoms with Crippen LogP contribution in [0.4, 0.5) is 0 Å². The highest BCUT2D eigenvalue weighted by atomic mass is 32.1. The van der Waals surface area contributed by atoms with Crippen LogP contribution in [0.2, 0.25) is 0 Å². The topological polar surface area (TPSA) is 59.2 Å². The van der Waals surface area contributed by atoms with Crippen LogP contribution in [0.3, 0.4) is 0 Å². The van der Waals surface area contributed by atoms with Gasteiger partial charge in [-0.25, -0.2) is 4.98 Å². The van der Waals surface area contributed by atoms with Gasteiger partial charge in [-0.2, -0.15) is 0 Å². The summed E-state index contributed by atoms with van der Waals surface area (Å²) >= 11 is 1.77. The van der Waals surface area contributed by atoms with Crippen molar-refractivity contribution in [3.8, 4) is 0 Å². The highest BCUT2D eigenvalue weighted by Crippen LogP contribution is 2.33. The maximum atomic E-state index is 12.6. The zero-order valence-corrected chi connectivity index (χ0v) is 16.0. The van der Waals surface area contributed by atoms with Gasteiger partial charge in [-0.3, -0.25) is 4.79 Å². The normalized spacial score (nSPS) is 19.7. The van der Waals surface area contributed by atoms with Crippen molar-refractivity contribution in [1.82, 2.24) is 9.88 Å². The minimum Gasteiger partial charge on any atom is -0.341 e. The molecule has 1 aromatic rings. The highest BCUT2D eigenvalue weighted by Gasteiger charge is 2.34. The molecule has 0 saturated carbocycles. The van der Waals surface area contributed by atoms with Gasteiger partial charge in [0, 0.05) is 29.8 Å². The lowest BCUT2D eigenvalue weighted by Gasteiger charge is -2.36. The second-order valence-electron chi connectivity index (χ2n) is 8.05. The molecule has 1 aliphatic heterocycles. The quantitative estimate of drug-likeness (QED) is 0.912. The number of thiazole rings is 1. The van der Waals surface area contributed by atoms with Crippen LogP contribution in [0, 0.1) is 0 Å². The van der Waals surface area contributed by atoms with E-state index in [-0.39, 0.29) is 11.3 Å². The molecule has 0 bridgehead atoms. The summed E-state index contributed by atoms with van der Waals surface area (Å²) in [4.78, 5) is 19.4. The van der Waals surface area contributed by atoms with Gasteiger partial charge in [-0.05, 0) is 26.2 Å². The van der Waals surface area contributed by atoms with E-state index < -0.39 is 5.54 Å². The molecule has 2 heterocycles. The van der Waals surface area contributed by atoms with Crippen LogP contribution in [0.1, 0.15) is 76.9 Å². The first kappa shape index (κ1) is 18.4. The zero-order chi connectivity index (χ0) is 17.3. The molecule has 5 heteroatoms. The maximum absolute atomic E-state index is 12.6. The number of rotatable bonds is 4. The van der Waals surface area contributed by atoms with Gasteiger partial charge in [0.1, 0.15) is 0 Å². The third-order valence-corrected chi connectivity index (χ3v) is 5.69. The van der Waals surface area contributed by atoms with Crippen LogP contribution in [0.15, 0.2) is 5.38 Å². The molecule has 0 spiro atoms. The Bertz CT molecular complexity index is 537. The monoisotopic (exact) mass is 337 g/mol. The number of hydrogen-bond donors (Lipinski definition) is 1. The second kappa shape index (κ2) is 6.89. The van der Waals surface area contributed by atoms with Gasteiger partial charge >= 0.3 is 0 Å². The molecule has 1 aliphatic rings. The summed E-state index contributed by atoms with van der Waals surface area (Å²) in [6.45, 7) is 12.1. The lowest BCUT2D eigenvalue weighted by Crippen LogP contribution is -2.54.